The van der Waals surface area contributed by atoms with Crippen LogP contribution in [0.4, 0.5) is 16.3 Å². The molecule has 0 bridgehead atoms. The Kier molecular flexibility index (Phi) is 3.94. The maximum Gasteiger partial charge on any atom is 0.410 e. The Morgan fingerprint density at radius 1 is 1.46 bits per heavy atom. The molecule has 1 atom stereocenters. The Labute approximate surface area is 139 Å². The summed E-state index contributed by atoms with van der Waals surface area (Å²) >= 11 is 0. The van der Waals surface area contributed by atoms with Gasteiger partial charge in [-0.05, 0) is 20.8 Å². The van der Waals surface area contributed by atoms with Crippen LogP contribution in [0.1, 0.15) is 20.8 Å². The van der Waals surface area contributed by atoms with Gasteiger partial charge in [0.1, 0.15) is 18.4 Å². The van der Waals surface area contributed by atoms with Gasteiger partial charge in [-0.15, -0.1) is 0 Å². The van der Waals surface area contributed by atoms with Crippen molar-refractivity contribution in [1.82, 2.24) is 9.88 Å². The summed E-state index contributed by atoms with van der Waals surface area (Å²) in [6.45, 7) is 7.38. The predicted molar refractivity (Wildman–Crippen MR) is 85.3 cm³/mol. The molecular formula is C15H20N4O5. The van der Waals surface area contributed by atoms with Crippen molar-refractivity contribution < 1.29 is 19.2 Å². The van der Waals surface area contributed by atoms with Gasteiger partial charge in [0.2, 0.25) is 0 Å². The summed E-state index contributed by atoms with van der Waals surface area (Å²) in [5, 5.41) is 10.8. The van der Waals surface area contributed by atoms with E-state index in [-0.39, 0.29) is 17.8 Å². The predicted octanol–water partition coefficient (Wildman–Crippen LogP) is 1.81. The summed E-state index contributed by atoms with van der Waals surface area (Å²) < 4.78 is 11.0. The molecule has 9 nitrogen and oxygen atoms in total. The Hall–Kier alpha value is -2.58. The molecule has 0 aliphatic carbocycles. The lowest BCUT2D eigenvalue weighted by Gasteiger charge is -2.44. The fourth-order valence-electron chi connectivity index (χ4n) is 2.80. The van der Waals surface area contributed by atoms with E-state index >= 15 is 0 Å². The minimum atomic E-state index is -0.537. The van der Waals surface area contributed by atoms with Gasteiger partial charge in [0.15, 0.2) is 11.6 Å². The number of pyridine rings is 1. The fraction of sp³-hybridized carbons (Fsp3) is 0.600. The van der Waals surface area contributed by atoms with Crippen molar-refractivity contribution >= 4 is 17.6 Å². The van der Waals surface area contributed by atoms with Crippen LogP contribution in [0.2, 0.25) is 0 Å². The number of nitrogens with zero attached hydrogens (tertiary/aromatic N) is 4. The van der Waals surface area contributed by atoms with E-state index in [1.165, 1.54) is 12.3 Å². The molecule has 2 aliphatic heterocycles. The molecular weight excluding hydrogens is 316 g/mol. The van der Waals surface area contributed by atoms with Crippen LogP contribution < -0.4 is 9.64 Å². The molecule has 0 saturated carbocycles. The van der Waals surface area contributed by atoms with Crippen LogP contribution in [0.25, 0.3) is 0 Å². The second-order valence-corrected chi connectivity index (χ2v) is 6.86. The average Bonchev–Trinajstić information content (AvgIpc) is 2.51. The summed E-state index contributed by atoms with van der Waals surface area (Å²) in [5.74, 6) is 0.992. The first kappa shape index (κ1) is 16.3. The Bertz CT molecular complexity index is 672. The minimum Gasteiger partial charge on any atom is -0.487 e. The van der Waals surface area contributed by atoms with Gasteiger partial charge in [-0.25, -0.2) is 9.78 Å². The molecule has 130 valence electrons. The summed E-state index contributed by atoms with van der Waals surface area (Å²) in [5.41, 5.74) is -0.635. The highest BCUT2D eigenvalue weighted by molar-refractivity contribution is 5.69. The summed E-state index contributed by atoms with van der Waals surface area (Å²) in [7, 11) is 0. The van der Waals surface area contributed by atoms with Gasteiger partial charge in [-0.1, -0.05) is 0 Å². The van der Waals surface area contributed by atoms with Crippen LogP contribution in [-0.2, 0) is 4.74 Å². The molecule has 1 aromatic rings. The van der Waals surface area contributed by atoms with Crippen LogP contribution in [0.15, 0.2) is 12.3 Å². The highest BCUT2D eigenvalue weighted by Gasteiger charge is 2.37. The van der Waals surface area contributed by atoms with E-state index in [1.807, 2.05) is 25.7 Å². The van der Waals surface area contributed by atoms with Crippen molar-refractivity contribution in [2.75, 3.05) is 31.1 Å². The highest BCUT2D eigenvalue weighted by atomic mass is 16.6. The van der Waals surface area contributed by atoms with Crippen LogP contribution >= 0.6 is 0 Å². The molecule has 9 heteroatoms. The second-order valence-electron chi connectivity index (χ2n) is 6.86. The van der Waals surface area contributed by atoms with E-state index < -0.39 is 10.5 Å². The molecule has 3 rings (SSSR count). The van der Waals surface area contributed by atoms with E-state index in [0.29, 0.717) is 37.8 Å². The largest absolute Gasteiger partial charge is 0.487 e. The first-order chi connectivity index (χ1) is 11.2. The zero-order chi connectivity index (χ0) is 17.5. The van der Waals surface area contributed by atoms with Crippen molar-refractivity contribution in [1.29, 1.82) is 0 Å². The van der Waals surface area contributed by atoms with Gasteiger partial charge in [0.05, 0.1) is 17.0 Å². The molecule has 1 saturated heterocycles. The number of anilines is 1. The van der Waals surface area contributed by atoms with Gasteiger partial charge in [-0.3, -0.25) is 10.1 Å². The van der Waals surface area contributed by atoms with E-state index in [9.17, 15) is 14.9 Å². The van der Waals surface area contributed by atoms with Gasteiger partial charge < -0.3 is 19.3 Å². The van der Waals surface area contributed by atoms with Crippen LogP contribution in [0.5, 0.6) is 5.75 Å². The maximum absolute atomic E-state index is 12.2. The molecule has 0 unspecified atom stereocenters. The number of hydrogen-bond acceptors (Lipinski definition) is 7. The van der Waals surface area contributed by atoms with E-state index in [0.717, 1.165) is 0 Å². The molecule has 0 N–H and O–H groups in total. The van der Waals surface area contributed by atoms with Gasteiger partial charge >= 0.3 is 6.09 Å². The molecule has 1 fully saturated rings. The lowest BCUT2D eigenvalue weighted by molar-refractivity contribution is -0.385. The number of hydrogen-bond donors (Lipinski definition) is 0. The molecule has 1 amide bonds. The quantitative estimate of drug-likeness (QED) is 0.569. The lowest BCUT2D eigenvalue weighted by Crippen LogP contribution is -2.59. The van der Waals surface area contributed by atoms with Crippen molar-refractivity contribution in [2.45, 2.75) is 32.4 Å². The monoisotopic (exact) mass is 336 g/mol. The minimum absolute atomic E-state index is 0.0484. The third-order valence-corrected chi connectivity index (χ3v) is 3.87. The third kappa shape index (κ3) is 3.19. The van der Waals surface area contributed by atoms with Crippen molar-refractivity contribution in [3.63, 3.8) is 0 Å². The number of carbonyl (C=O) groups excluding carboxylic acids is 1. The smallest absolute Gasteiger partial charge is 0.410 e. The van der Waals surface area contributed by atoms with Gasteiger partial charge in [0, 0.05) is 19.6 Å². The first-order valence-electron chi connectivity index (χ1n) is 7.76. The topological polar surface area (TPSA) is 98.0 Å². The van der Waals surface area contributed by atoms with Gasteiger partial charge in [0.25, 0.3) is 5.69 Å². The van der Waals surface area contributed by atoms with Crippen molar-refractivity contribution in [2.24, 2.45) is 0 Å². The number of piperazine rings is 1. The van der Waals surface area contributed by atoms with Crippen molar-refractivity contribution in [3.8, 4) is 5.75 Å². The number of aromatic nitrogens is 1. The molecule has 1 aromatic heterocycles. The fourth-order valence-corrected chi connectivity index (χ4v) is 2.80. The second kappa shape index (κ2) is 5.81. The van der Waals surface area contributed by atoms with Crippen molar-refractivity contribution in [3.05, 3.63) is 22.4 Å². The number of carbonyl (C=O) groups is 1. The maximum atomic E-state index is 12.2. The summed E-state index contributed by atoms with van der Waals surface area (Å²) in [6.07, 6.45) is 0.884. The molecule has 24 heavy (non-hydrogen) atoms. The molecule has 0 aromatic carbocycles. The lowest BCUT2D eigenvalue weighted by atomic mass is 10.1. The number of amides is 1. The molecule has 3 heterocycles. The standard InChI is InChI=1S/C15H20N4O5/c1-15(2,3)24-14(20)17-4-5-18-11(8-17)9-23-12-6-10(19(21)22)7-16-13(12)18/h6-7,11H,4-5,8-9H2,1-3H3/t11-/m1/s1. The zero-order valence-corrected chi connectivity index (χ0v) is 13.9. The molecule has 2 aliphatic rings. The summed E-state index contributed by atoms with van der Waals surface area (Å²) in [4.78, 5) is 30.4. The Morgan fingerprint density at radius 2 is 2.21 bits per heavy atom. The van der Waals surface area contributed by atoms with E-state index in [2.05, 4.69) is 4.98 Å². The summed E-state index contributed by atoms with van der Waals surface area (Å²) in [6, 6.07) is 1.34. The third-order valence-electron chi connectivity index (χ3n) is 3.87. The Morgan fingerprint density at radius 3 is 2.88 bits per heavy atom. The normalized spacial score (nSPS) is 19.9. The number of ether oxygens (including phenoxy) is 2. The van der Waals surface area contributed by atoms with Crippen LogP contribution in [-0.4, -0.2) is 58.8 Å². The molecule has 0 radical (unpaired) electrons. The number of fused-ring (bicyclic) bond motifs is 3. The SMILES string of the molecule is CC(C)(C)OC(=O)N1CCN2c3ncc([N+](=O)[O-])cc3OC[C@H]2C1. The first-order valence-corrected chi connectivity index (χ1v) is 7.76. The highest BCUT2D eigenvalue weighted by Crippen LogP contribution is 2.35. The molecule has 0 spiro atoms. The van der Waals surface area contributed by atoms with E-state index in [1.54, 1.807) is 4.90 Å². The average molecular weight is 336 g/mol. The van der Waals surface area contributed by atoms with Crippen LogP contribution in [0, 0.1) is 10.1 Å². The van der Waals surface area contributed by atoms with Crippen LogP contribution in [0.3, 0.4) is 0 Å². The number of nitro groups is 1. The Balaban J connectivity index is 1.73. The van der Waals surface area contributed by atoms with E-state index in [4.69, 9.17) is 9.47 Å². The van der Waals surface area contributed by atoms with Gasteiger partial charge in [-0.2, -0.15) is 0 Å². The number of rotatable bonds is 1. The zero-order valence-electron chi connectivity index (χ0n) is 13.9.